The van der Waals surface area contributed by atoms with Crippen LogP contribution in [0.4, 0.5) is 5.69 Å². The van der Waals surface area contributed by atoms with E-state index in [1.165, 1.54) is 11.3 Å². The zero-order valence-electron chi connectivity index (χ0n) is 10.7. The number of para-hydroxylation sites is 1. The molecule has 1 radical (unpaired) electrons. The average molecular weight is 217 g/mol. The molecule has 0 unspecified atom stereocenters. The van der Waals surface area contributed by atoms with Crippen molar-refractivity contribution >= 4 is 5.69 Å². The lowest BCUT2D eigenvalue weighted by Crippen LogP contribution is -2.30. The fraction of sp³-hybridized carbons (Fsp3) is 0.500. The van der Waals surface area contributed by atoms with Gasteiger partial charge < -0.3 is 9.80 Å². The normalized spacial score (nSPS) is 17.9. The first-order valence-corrected chi connectivity index (χ1v) is 5.87. The van der Waals surface area contributed by atoms with E-state index >= 15 is 0 Å². The van der Waals surface area contributed by atoms with Crippen molar-refractivity contribution in [1.82, 2.24) is 4.90 Å². The molecular formula is C14H21N2. The van der Waals surface area contributed by atoms with Gasteiger partial charge in [-0.05, 0) is 25.7 Å². The van der Waals surface area contributed by atoms with Crippen LogP contribution >= 0.6 is 0 Å². The van der Waals surface area contributed by atoms with E-state index < -0.39 is 0 Å². The Labute approximate surface area is 98.9 Å². The Morgan fingerprint density at radius 2 is 1.88 bits per heavy atom. The van der Waals surface area contributed by atoms with Crippen molar-refractivity contribution in [2.24, 2.45) is 0 Å². The lowest BCUT2D eigenvalue weighted by atomic mass is 9.87. The minimum Gasteiger partial charge on any atom is -0.364 e. The molecule has 0 aliphatic carbocycles. The van der Waals surface area contributed by atoms with Gasteiger partial charge >= 0.3 is 0 Å². The minimum absolute atomic E-state index is 0.170. The highest BCUT2D eigenvalue weighted by atomic mass is 15.2. The SMILES string of the molecule is CN(C)CCN1[CH]C(C)(C)c2ccccc21. The topological polar surface area (TPSA) is 6.48 Å². The summed E-state index contributed by atoms with van der Waals surface area (Å²) in [5.74, 6) is 0. The minimum atomic E-state index is 0.170. The summed E-state index contributed by atoms with van der Waals surface area (Å²) in [5.41, 5.74) is 2.98. The molecule has 0 saturated heterocycles. The van der Waals surface area contributed by atoms with Crippen molar-refractivity contribution in [3.63, 3.8) is 0 Å². The Morgan fingerprint density at radius 3 is 2.56 bits per heavy atom. The first-order valence-electron chi connectivity index (χ1n) is 5.87. The van der Waals surface area contributed by atoms with Crippen LogP contribution in [0.25, 0.3) is 0 Å². The molecule has 1 aromatic carbocycles. The zero-order valence-corrected chi connectivity index (χ0v) is 10.7. The second kappa shape index (κ2) is 4.10. The molecule has 2 heteroatoms. The highest BCUT2D eigenvalue weighted by Gasteiger charge is 2.34. The maximum Gasteiger partial charge on any atom is 0.0594 e. The van der Waals surface area contributed by atoms with Gasteiger partial charge in [0.2, 0.25) is 0 Å². The molecule has 0 saturated carbocycles. The van der Waals surface area contributed by atoms with Crippen LogP contribution in [0.15, 0.2) is 24.3 Å². The highest BCUT2D eigenvalue weighted by Crippen LogP contribution is 2.42. The molecule has 2 rings (SSSR count). The van der Waals surface area contributed by atoms with Crippen molar-refractivity contribution in [2.75, 3.05) is 32.1 Å². The van der Waals surface area contributed by atoms with Crippen LogP contribution in [-0.2, 0) is 5.41 Å². The molecule has 0 bridgehead atoms. The molecule has 2 nitrogen and oxygen atoms in total. The molecule has 0 atom stereocenters. The number of anilines is 1. The lowest BCUT2D eigenvalue weighted by Gasteiger charge is -2.23. The molecule has 87 valence electrons. The summed E-state index contributed by atoms with van der Waals surface area (Å²) in [5, 5.41) is 0. The Hall–Kier alpha value is -1.02. The first kappa shape index (κ1) is 11.5. The lowest BCUT2D eigenvalue weighted by molar-refractivity contribution is 0.415. The molecule has 1 aromatic rings. The van der Waals surface area contributed by atoms with Crippen LogP contribution in [0.1, 0.15) is 19.4 Å². The number of hydrogen-bond acceptors (Lipinski definition) is 2. The molecule has 1 heterocycles. The number of fused-ring (bicyclic) bond motifs is 1. The van der Waals surface area contributed by atoms with Gasteiger partial charge in [0.1, 0.15) is 0 Å². The van der Waals surface area contributed by atoms with Crippen molar-refractivity contribution in [1.29, 1.82) is 0 Å². The number of nitrogens with zero attached hydrogens (tertiary/aromatic N) is 2. The third kappa shape index (κ3) is 2.07. The molecule has 0 N–H and O–H groups in total. The van der Waals surface area contributed by atoms with Crippen molar-refractivity contribution in [3.05, 3.63) is 36.4 Å². The quantitative estimate of drug-likeness (QED) is 0.767. The van der Waals surface area contributed by atoms with E-state index in [1.807, 2.05) is 0 Å². The fourth-order valence-corrected chi connectivity index (χ4v) is 2.29. The summed E-state index contributed by atoms with van der Waals surface area (Å²) in [4.78, 5) is 4.61. The molecule has 0 spiro atoms. The van der Waals surface area contributed by atoms with Crippen LogP contribution in [0.3, 0.4) is 0 Å². The van der Waals surface area contributed by atoms with Gasteiger partial charge in [-0.15, -0.1) is 0 Å². The smallest absolute Gasteiger partial charge is 0.0594 e. The summed E-state index contributed by atoms with van der Waals surface area (Å²) >= 11 is 0. The summed E-state index contributed by atoms with van der Waals surface area (Å²) in [6.45, 7) is 9.05. The van der Waals surface area contributed by atoms with E-state index in [0.717, 1.165) is 13.1 Å². The molecular weight excluding hydrogens is 196 g/mol. The van der Waals surface area contributed by atoms with Gasteiger partial charge in [-0.1, -0.05) is 32.0 Å². The summed E-state index contributed by atoms with van der Waals surface area (Å²) < 4.78 is 0. The predicted molar refractivity (Wildman–Crippen MR) is 69.7 cm³/mol. The second-order valence-electron chi connectivity index (χ2n) is 5.36. The zero-order chi connectivity index (χ0) is 11.8. The van der Waals surface area contributed by atoms with E-state index in [1.54, 1.807) is 0 Å². The molecule has 0 aromatic heterocycles. The van der Waals surface area contributed by atoms with Gasteiger partial charge in [0, 0.05) is 24.2 Å². The first-order chi connectivity index (χ1) is 7.50. The van der Waals surface area contributed by atoms with Crippen LogP contribution in [-0.4, -0.2) is 32.1 Å². The number of rotatable bonds is 3. The van der Waals surface area contributed by atoms with Crippen LogP contribution in [0.2, 0.25) is 0 Å². The van der Waals surface area contributed by atoms with Crippen molar-refractivity contribution in [3.8, 4) is 0 Å². The summed E-state index contributed by atoms with van der Waals surface area (Å²) in [7, 11) is 4.24. The second-order valence-corrected chi connectivity index (χ2v) is 5.36. The summed E-state index contributed by atoms with van der Waals surface area (Å²) in [6, 6.07) is 8.71. The van der Waals surface area contributed by atoms with E-state index in [0.29, 0.717) is 0 Å². The van der Waals surface area contributed by atoms with Gasteiger partial charge in [-0.3, -0.25) is 0 Å². The maximum atomic E-state index is 2.38. The highest BCUT2D eigenvalue weighted by molar-refractivity contribution is 5.64. The number of likely N-dealkylation sites (N-methyl/N-ethyl adjacent to an activating group) is 1. The molecule has 0 fully saturated rings. The van der Waals surface area contributed by atoms with Crippen LogP contribution < -0.4 is 4.90 Å². The Morgan fingerprint density at radius 1 is 1.19 bits per heavy atom. The Balaban J connectivity index is 2.20. The van der Waals surface area contributed by atoms with Crippen LogP contribution in [0, 0.1) is 6.54 Å². The molecule has 1 aliphatic rings. The van der Waals surface area contributed by atoms with Crippen molar-refractivity contribution < 1.29 is 0 Å². The third-order valence-electron chi connectivity index (χ3n) is 3.17. The number of hydrogen-bond donors (Lipinski definition) is 0. The van der Waals surface area contributed by atoms with Gasteiger partial charge in [0.25, 0.3) is 0 Å². The molecule has 1 aliphatic heterocycles. The predicted octanol–water partition coefficient (Wildman–Crippen LogP) is 2.51. The van der Waals surface area contributed by atoms with Crippen molar-refractivity contribution in [2.45, 2.75) is 19.3 Å². The van der Waals surface area contributed by atoms with E-state index in [9.17, 15) is 0 Å². The molecule has 16 heavy (non-hydrogen) atoms. The molecule has 0 amide bonds. The monoisotopic (exact) mass is 217 g/mol. The van der Waals surface area contributed by atoms with Crippen LogP contribution in [0.5, 0.6) is 0 Å². The Bertz CT molecular complexity index is 369. The maximum absolute atomic E-state index is 2.38. The van der Waals surface area contributed by atoms with Gasteiger partial charge in [-0.2, -0.15) is 0 Å². The van der Waals surface area contributed by atoms with Gasteiger partial charge in [-0.25, -0.2) is 0 Å². The van der Waals surface area contributed by atoms with Gasteiger partial charge in [0.15, 0.2) is 0 Å². The Kier molecular flexibility index (Phi) is 2.94. The average Bonchev–Trinajstić information content (AvgIpc) is 2.49. The standard InChI is InChI=1S/C14H21N2/c1-14(2)11-16(10-9-15(3)4)13-8-6-5-7-12(13)14/h5-8,11H,9-10H2,1-4H3. The van der Waals surface area contributed by atoms with E-state index in [-0.39, 0.29) is 5.41 Å². The summed E-state index contributed by atoms with van der Waals surface area (Å²) in [6.07, 6.45) is 0. The fourth-order valence-electron chi connectivity index (χ4n) is 2.29. The van der Waals surface area contributed by atoms with E-state index in [2.05, 4.69) is 68.6 Å². The number of benzene rings is 1. The largest absolute Gasteiger partial charge is 0.364 e. The van der Waals surface area contributed by atoms with Gasteiger partial charge in [0.05, 0.1) is 6.54 Å². The van der Waals surface area contributed by atoms with E-state index in [4.69, 9.17) is 0 Å². The third-order valence-corrected chi connectivity index (χ3v) is 3.17.